The van der Waals surface area contributed by atoms with E-state index in [-0.39, 0.29) is 12.2 Å². The second-order valence-electron chi connectivity index (χ2n) is 4.80. The number of benzene rings is 2. The van der Waals surface area contributed by atoms with Gasteiger partial charge in [-0.1, -0.05) is 29.4 Å². The average Bonchev–Trinajstić information content (AvgIpc) is 2.93. The Hall–Kier alpha value is -2.69. The van der Waals surface area contributed by atoms with Crippen LogP contribution < -0.4 is 5.73 Å². The molecule has 3 rings (SSSR count). The van der Waals surface area contributed by atoms with Crippen LogP contribution in [0.5, 0.6) is 0 Å². The van der Waals surface area contributed by atoms with E-state index in [4.69, 9.17) is 10.3 Å². The summed E-state index contributed by atoms with van der Waals surface area (Å²) in [7, 11) is 0. The molecule has 0 atom stereocenters. The second-order valence-corrected chi connectivity index (χ2v) is 4.80. The first-order valence-electron chi connectivity index (χ1n) is 6.56. The summed E-state index contributed by atoms with van der Waals surface area (Å²) in [6.07, 6.45) is 0.289. The lowest BCUT2D eigenvalue weighted by Crippen LogP contribution is -1.95. The molecule has 0 aliphatic carbocycles. The van der Waals surface area contributed by atoms with Crippen molar-refractivity contribution in [1.29, 1.82) is 0 Å². The highest BCUT2D eigenvalue weighted by Crippen LogP contribution is 2.25. The fraction of sp³-hybridized carbons (Fsp3) is 0.125. The first-order valence-corrected chi connectivity index (χ1v) is 6.56. The van der Waals surface area contributed by atoms with Crippen LogP contribution in [-0.4, -0.2) is 10.1 Å². The first-order chi connectivity index (χ1) is 10.1. The molecule has 0 radical (unpaired) electrons. The molecule has 1 aromatic heterocycles. The topological polar surface area (TPSA) is 64.9 Å². The Labute approximate surface area is 121 Å². The predicted molar refractivity (Wildman–Crippen MR) is 78.1 cm³/mol. The van der Waals surface area contributed by atoms with E-state index in [2.05, 4.69) is 10.1 Å². The zero-order valence-corrected chi connectivity index (χ0v) is 11.5. The number of anilines is 1. The Bertz CT molecular complexity index is 783. The van der Waals surface area contributed by atoms with Gasteiger partial charge in [-0.25, -0.2) is 4.39 Å². The molecule has 0 amide bonds. The maximum atomic E-state index is 13.6. The smallest absolute Gasteiger partial charge is 0.258 e. The van der Waals surface area contributed by atoms with E-state index in [0.717, 1.165) is 11.1 Å². The summed E-state index contributed by atoms with van der Waals surface area (Å²) in [6.45, 7) is 1.89. The summed E-state index contributed by atoms with van der Waals surface area (Å²) in [4.78, 5) is 4.32. The lowest BCUT2D eigenvalue weighted by atomic mass is 10.1. The summed E-state index contributed by atoms with van der Waals surface area (Å²) >= 11 is 0. The molecule has 5 heteroatoms. The zero-order chi connectivity index (χ0) is 14.8. The van der Waals surface area contributed by atoms with Crippen molar-refractivity contribution < 1.29 is 8.91 Å². The Morgan fingerprint density at radius 2 is 1.95 bits per heavy atom. The van der Waals surface area contributed by atoms with Crippen LogP contribution in [0.15, 0.2) is 47.0 Å². The quantitative estimate of drug-likeness (QED) is 0.748. The van der Waals surface area contributed by atoms with E-state index in [1.807, 2.05) is 25.1 Å². The summed E-state index contributed by atoms with van der Waals surface area (Å²) in [5.74, 6) is 0.562. The standard InChI is InChI=1S/C16H14FN3O/c1-10-12(6-4-8-14(10)18)16-19-15(20-21-16)9-11-5-2-3-7-13(11)17/h2-8H,9,18H2,1H3. The number of halogens is 1. The molecular weight excluding hydrogens is 269 g/mol. The van der Waals surface area contributed by atoms with Crippen molar-refractivity contribution >= 4 is 5.69 Å². The summed E-state index contributed by atoms with van der Waals surface area (Å²) in [6, 6.07) is 12.1. The summed E-state index contributed by atoms with van der Waals surface area (Å²) < 4.78 is 18.9. The highest BCUT2D eigenvalue weighted by molar-refractivity contribution is 5.66. The highest BCUT2D eigenvalue weighted by atomic mass is 19.1. The van der Waals surface area contributed by atoms with Crippen molar-refractivity contribution in [2.24, 2.45) is 0 Å². The zero-order valence-electron chi connectivity index (χ0n) is 11.5. The van der Waals surface area contributed by atoms with Crippen LogP contribution in [-0.2, 0) is 6.42 Å². The van der Waals surface area contributed by atoms with Gasteiger partial charge in [0.1, 0.15) is 5.82 Å². The predicted octanol–water partition coefficient (Wildman–Crippen LogP) is 3.36. The number of nitrogens with zero attached hydrogens (tertiary/aromatic N) is 2. The summed E-state index contributed by atoms with van der Waals surface area (Å²) in [5, 5.41) is 3.91. The molecule has 0 saturated carbocycles. The number of nitrogen functional groups attached to an aromatic ring is 1. The number of hydrogen-bond donors (Lipinski definition) is 1. The molecule has 0 spiro atoms. The Balaban J connectivity index is 1.90. The van der Waals surface area contributed by atoms with E-state index >= 15 is 0 Å². The largest absolute Gasteiger partial charge is 0.398 e. The van der Waals surface area contributed by atoms with E-state index in [9.17, 15) is 4.39 Å². The van der Waals surface area contributed by atoms with Crippen molar-refractivity contribution in [2.45, 2.75) is 13.3 Å². The van der Waals surface area contributed by atoms with Gasteiger partial charge in [0.15, 0.2) is 5.82 Å². The van der Waals surface area contributed by atoms with Gasteiger partial charge in [-0.3, -0.25) is 0 Å². The molecule has 2 N–H and O–H groups in total. The molecule has 0 aliphatic heterocycles. The molecule has 3 aromatic rings. The van der Waals surface area contributed by atoms with Gasteiger partial charge in [0.2, 0.25) is 0 Å². The van der Waals surface area contributed by atoms with Gasteiger partial charge in [-0.05, 0) is 36.2 Å². The van der Waals surface area contributed by atoms with Crippen molar-refractivity contribution in [2.75, 3.05) is 5.73 Å². The van der Waals surface area contributed by atoms with Gasteiger partial charge in [0.25, 0.3) is 5.89 Å². The fourth-order valence-corrected chi connectivity index (χ4v) is 2.13. The van der Waals surface area contributed by atoms with Crippen molar-refractivity contribution in [3.05, 3.63) is 65.2 Å². The van der Waals surface area contributed by atoms with Gasteiger partial charge in [0, 0.05) is 17.7 Å². The van der Waals surface area contributed by atoms with Gasteiger partial charge in [0.05, 0.1) is 0 Å². The van der Waals surface area contributed by atoms with Gasteiger partial charge in [-0.15, -0.1) is 0 Å². The normalized spacial score (nSPS) is 10.8. The third-order valence-corrected chi connectivity index (χ3v) is 3.38. The minimum absolute atomic E-state index is 0.274. The highest BCUT2D eigenvalue weighted by Gasteiger charge is 2.13. The van der Waals surface area contributed by atoms with E-state index in [1.165, 1.54) is 6.07 Å². The fourth-order valence-electron chi connectivity index (χ4n) is 2.13. The third kappa shape index (κ3) is 2.63. The van der Waals surface area contributed by atoms with Crippen LogP contribution >= 0.6 is 0 Å². The molecule has 2 aromatic carbocycles. The van der Waals surface area contributed by atoms with Crippen LogP contribution in [0, 0.1) is 12.7 Å². The molecule has 0 fully saturated rings. The van der Waals surface area contributed by atoms with Gasteiger partial charge < -0.3 is 10.3 Å². The third-order valence-electron chi connectivity index (χ3n) is 3.38. The maximum Gasteiger partial charge on any atom is 0.258 e. The molecule has 0 saturated heterocycles. The van der Waals surface area contributed by atoms with Crippen LogP contribution in [0.4, 0.5) is 10.1 Å². The van der Waals surface area contributed by atoms with Crippen LogP contribution in [0.25, 0.3) is 11.5 Å². The molecular formula is C16H14FN3O. The van der Waals surface area contributed by atoms with Crippen molar-refractivity contribution in [1.82, 2.24) is 10.1 Å². The van der Waals surface area contributed by atoms with Gasteiger partial charge >= 0.3 is 0 Å². The van der Waals surface area contributed by atoms with Crippen molar-refractivity contribution in [3.8, 4) is 11.5 Å². The molecule has 4 nitrogen and oxygen atoms in total. The number of aromatic nitrogens is 2. The minimum Gasteiger partial charge on any atom is -0.398 e. The number of hydrogen-bond acceptors (Lipinski definition) is 4. The second kappa shape index (κ2) is 5.36. The molecule has 106 valence electrons. The Morgan fingerprint density at radius 1 is 1.14 bits per heavy atom. The molecule has 1 heterocycles. The lowest BCUT2D eigenvalue weighted by Gasteiger charge is -2.03. The molecule has 0 bridgehead atoms. The van der Waals surface area contributed by atoms with Gasteiger partial charge in [-0.2, -0.15) is 4.98 Å². The number of nitrogens with two attached hydrogens (primary N) is 1. The summed E-state index contributed by atoms with van der Waals surface area (Å²) in [5.41, 5.74) is 8.75. The van der Waals surface area contributed by atoms with Crippen molar-refractivity contribution in [3.63, 3.8) is 0 Å². The lowest BCUT2D eigenvalue weighted by molar-refractivity contribution is 0.423. The maximum absolute atomic E-state index is 13.6. The van der Waals surface area contributed by atoms with E-state index in [1.54, 1.807) is 18.2 Å². The number of rotatable bonds is 3. The van der Waals surface area contributed by atoms with Crippen LogP contribution in [0.2, 0.25) is 0 Å². The Morgan fingerprint density at radius 3 is 2.76 bits per heavy atom. The van der Waals surface area contributed by atoms with Crippen LogP contribution in [0.1, 0.15) is 17.0 Å². The molecule has 0 aliphatic rings. The molecule has 0 unspecified atom stereocenters. The van der Waals surface area contributed by atoms with E-state index in [0.29, 0.717) is 23.0 Å². The van der Waals surface area contributed by atoms with E-state index < -0.39 is 0 Å². The van der Waals surface area contributed by atoms with Crippen LogP contribution in [0.3, 0.4) is 0 Å². The minimum atomic E-state index is -0.274. The first kappa shape index (κ1) is 13.3. The average molecular weight is 283 g/mol. The SMILES string of the molecule is Cc1c(N)cccc1-c1nc(Cc2ccccc2F)no1. The Kier molecular flexibility index (Phi) is 3.39. The molecule has 21 heavy (non-hydrogen) atoms. The monoisotopic (exact) mass is 283 g/mol.